The van der Waals surface area contributed by atoms with E-state index in [9.17, 15) is 19.2 Å². The fourth-order valence-corrected chi connectivity index (χ4v) is 3.43. The standard InChI is InChI=1S/C27H23ClFN3O4/c1-3-35-24-14-18(12-19(15-30)27(34)31-21-10-8-20(29)9-11-21)13-22(28)26(24)36-16-25(33)32-23-7-5-4-6-17(23)2/h4-14H,3,16H2,1-2H3,(H,31,34)(H,32,33)/b19-12+. The SMILES string of the molecule is CCOc1cc(/C=C(\C#N)C(=O)Nc2ccc(F)cc2)cc(Cl)c1OCC(=O)Nc1ccccc1C. The van der Waals surface area contributed by atoms with Gasteiger partial charge >= 0.3 is 0 Å². The van der Waals surface area contributed by atoms with Gasteiger partial charge in [0.25, 0.3) is 11.8 Å². The van der Waals surface area contributed by atoms with Gasteiger partial charge in [0, 0.05) is 11.4 Å². The summed E-state index contributed by atoms with van der Waals surface area (Å²) in [6.45, 7) is 3.61. The molecule has 184 valence electrons. The summed E-state index contributed by atoms with van der Waals surface area (Å²) >= 11 is 6.41. The summed E-state index contributed by atoms with van der Waals surface area (Å²) in [6.07, 6.45) is 1.34. The zero-order valence-electron chi connectivity index (χ0n) is 19.6. The molecule has 36 heavy (non-hydrogen) atoms. The van der Waals surface area contributed by atoms with E-state index in [1.165, 1.54) is 36.4 Å². The number of carbonyl (C=O) groups excluding carboxylic acids is 2. The summed E-state index contributed by atoms with van der Waals surface area (Å²) in [4.78, 5) is 24.9. The normalized spacial score (nSPS) is 10.8. The first kappa shape index (κ1) is 26.3. The zero-order valence-corrected chi connectivity index (χ0v) is 20.4. The summed E-state index contributed by atoms with van der Waals surface area (Å²) in [5.74, 6) is -1.10. The van der Waals surface area contributed by atoms with E-state index in [0.29, 0.717) is 16.9 Å². The molecule has 3 aromatic rings. The average molecular weight is 508 g/mol. The molecule has 0 atom stereocenters. The maximum Gasteiger partial charge on any atom is 0.266 e. The van der Waals surface area contributed by atoms with Crippen molar-refractivity contribution in [2.45, 2.75) is 13.8 Å². The molecule has 0 radical (unpaired) electrons. The van der Waals surface area contributed by atoms with Gasteiger partial charge in [0.2, 0.25) is 0 Å². The Kier molecular flexibility index (Phi) is 9.03. The maximum absolute atomic E-state index is 13.1. The zero-order chi connectivity index (χ0) is 26.1. The second-order valence-corrected chi connectivity index (χ2v) is 7.95. The van der Waals surface area contributed by atoms with Gasteiger partial charge in [0.05, 0.1) is 11.6 Å². The summed E-state index contributed by atoms with van der Waals surface area (Å²) in [5, 5.41) is 14.9. The van der Waals surface area contributed by atoms with Crippen molar-refractivity contribution in [2.24, 2.45) is 0 Å². The molecule has 0 heterocycles. The lowest BCUT2D eigenvalue weighted by atomic mass is 10.1. The molecule has 0 saturated heterocycles. The van der Waals surface area contributed by atoms with Gasteiger partial charge in [-0.2, -0.15) is 5.26 Å². The highest BCUT2D eigenvalue weighted by atomic mass is 35.5. The van der Waals surface area contributed by atoms with E-state index in [1.807, 2.05) is 31.2 Å². The van der Waals surface area contributed by atoms with Gasteiger partial charge in [0.1, 0.15) is 17.5 Å². The first-order valence-electron chi connectivity index (χ1n) is 10.9. The quantitative estimate of drug-likeness (QED) is 0.284. The van der Waals surface area contributed by atoms with E-state index in [2.05, 4.69) is 10.6 Å². The van der Waals surface area contributed by atoms with Gasteiger partial charge in [-0.3, -0.25) is 9.59 Å². The Bertz CT molecular complexity index is 1330. The van der Waals surface area contributed by atoms with Crippen LogP contribution < -0.4 is 20.1 Å². The Morgan fingerprint density at radius 2 is 1.81 bits per heavy atom. The van der Waals surface area contributed by atoms with Crippen LogP contribution in [0.4, 0.5) is 15.8 Å². The molecule has 0 saturated carbocycles. The van der Waals surface area contributed by atoms with Crippen molar-refractivity contribution < 1.29 is 23.5 Å². The largest absolute Gasteiger partial charge is 0.490 e. The molecule has 0 aromatic heterocycles. The Hall–Kier alpha value is -4.35. The first-order chi connectivity index (χ1) is 17.3. The van der Waals surface area contributed by atoms with Crippen LogP contribution >= 0.6 is 11.6 Å². The molecule has 0 aliphatic heterocycles. The molecule has 0 aliphatic carbocycles. The van der Waals surface area contributed by atoms with Crippen molar-refractivity contribution >= 4 is 40.9 Å². The van der Waals surface area contributed by atoms with Crippen molar-refractivity contribution in [3.8, 4) is 17.6 Å². The number of hydrogen-bond acceptors (Lipinski definition) is 5. The van der Waals surface area contributed by atoms with Crippen LogP contribution in [-0.4, -0.2) is 25.0 Å². The minimum absolute atomic E-state index is 0.132. The van der Waals surface area contributed by atoms with Crippen LogP contribution in [0.5, 0.6) is 11.5 Å². The van der Waals surface area contributed by atoms with Crippen LogP contribution in [0.25, 0.3) is 6.08 Å². The van der Waals surface area contributed by atoms with Crippen molar-refractivity contribution in [3.05, 3.63) is 88.2 Å². The fourth-order valence-electron chi connectivity index (χ4n) is 3.16. The molecule has 0 bridgehead atoms. The summed E-state index contributed by atoms with van der Waals surface area (Å²) in [6, 6.07) is 17.4. The minimum atomic E-state index is -0.675. The van der Waals surface area contributed by atoms with Gasteiger partial charge < -0.3 is 20.1 Å². The van der Waals surface area contributed by atoms with Crippen LogP contribution in [0.15, 0.2) is 66.2 Å². The fraction of sp³-hybridized carbons (Fsp3) is 0.148. The van der Waals surface area contributed by atoms with E-state index in [1.54, 1.807) is 19.1 Å². The lowest BCUT2D eigenvalue weighted by Crippen LogP contribution is -2.21. The number of ether oxygens (including phenoxy) is 2. The molecule has 9 heteroatoms. The van der Waals surface area contributed by atoms with Crippen molar-refractivity contribution in [1.29, 1.82) is 5.26 Å². The monoisotopic (exact) mass is 507 g/mol. The van der Waals surface area contributed by atoms with E-state index < -0.39 is 11.7 Å². The van der Waals surface area contributed by atoms with Crippen LogP contribution in [0, 0.1) is 24.1 Å². The second-order valence-electron chi connectivity index (χ2n) is 7.55. The number of anilines is 2. The predicted molar refractivity (Wildman–Crippen MR) is 137 cm³/mol. The minimum Gasteiger partial charge on any atom is -0.490 e. The van der Waals surface area contributed by atoms with E-state index in [0.717, 1.165) is 5.56 Å². The predicted octanol–water partition coefficient (Wildman–Crippen LogP) is 5.75. The van der Waals surface area contributed by atoms with E-state index in [4.69, 9.17) is 21.1 Å². The smallest absolute Gasteiger partial charge is 0.266 e. The average Bonchev–Trinajstić information content (AvgIpc) is 2.85. The van der Waals surface area contributed by atoms with Gasteiger partial charge in [-0.25, -0.2) is 4.39 Å². The molecule has 0 unspecified atom stereocenters. The Morgan fingerprint density at radius 1 is 1.08 bits per heavy atom. The first-order valence-corrected chi connectivity index (χ1v) is 11.3. The maximum atomic E-state index is 13.1. The molecule has 0 fully saturated rings. The van der Waals surface area contributed by atoms with Crippen molar-refractivity contribution in [1.82, 2.24) is 0 Å². The number of rotatable bonds is 9. The third-order valence-electron chi connectivity index (χ3n) is 4.88. The molecule has 3 aromatic carbocycles. The number of nitrogens with zero attached hydrogens (tertiary/aromatic N) is 1. The second kappa shape index (κ2) is 12.4. The highest BCUT2D eigenvalue weighted by Gasteiger charge is 2.16. The Labute approximate surface area is 213 Å². The lowest BCUT2D eigenvalue weighted by molar-refractivity contribution is -0.118. The lowest BCUT2D eigenvalue weighted by Gasteiger charge is -2.15. The Morgan fingerprint density at radius 3 is 2.47 bits per heavy atom. The summed E-state index contributed by atoms with van der Waals surface area (Å²) < 4.78 is 24.4. The molecule has 3 rings (SSSR count). The number of hydrogen-bond donors (Lipinski definition) is 2. The van der Waals surface area contributed by atoms with Crippen molar-refractivity contribution in [2.75, 3.05) is 23.8 Å². The molecular weight excluding hydrogens is 485 g/mol. The molecule has 0 spiro atoms. The molecule has 0 aliphatic rings. The summed E-state index contributed by atoms with van der Waals surface area (Å²) in [7, 11) is 0. The van der Waals surface area contributed by atoms with Crippen molar-refractivity contribution in [3.63, 3.8) is 0 Å². The van der Waals surface area contributed by atoms with E-state index >= 15 is 0 Å². The van der Waals surface area contributed by atoms with Gasteiger partial charge in [-0.1, -0.05) is 29.8 Å². The molecule has 7 nitrogen and oxygen atoms in total. The van der Waals surface area contributed by atoms with Crippen LogP contribution in [0.3, 0.4) is 0 Å². The summed E-state index contributed by atoms with van der Waals surface area (Å²) in [5.41, 5.74) is 2.12. The molecular formula is C27H23ClFN3O4. The van der Waals surface area contributed by atoms with Gasteiger partial charge in [-0.15, -0.1) is 0 Å². The van der Waals surface area contributed by atoms with Crippen LogP contribution in [0.2, 0.25) is 5.02 Å². The van der Waals surface area contributed by atoms with Gasteiger partial charge in [0.15, 0.2) is 18.1 Å². The number of benzene rings is 3. The Balaban J connectivity index is 1.77. The highest BCUT2D eigenvalue weighted by Crippen LogP contribution is 2.37. The number of para-hydroxylation sites is 1. The number of carbonyl (C=O) groups is 2. The topological polar surface area (TPSA) is 100 Å². The van der Waals surface area contributed by atoms with E-state index in [-0.39, 0.29) is 41.2 Å². The molecule has 2 N–H and O–H groups in total. The number of nitriles is 1. The number of halogens is 2. The number of nitrogens with one attached hydrogen (secondary N) is 2. The van der Waals surface area contributed by atoms with Crippen LogP contribution in [-0.2, 0) is 9.59 Å². The third-order valence-corrected chi connectivity index (χ3v) is 5.16. The number of amides is 2. The highest BCUT2D eigenvalue weighted by molar-refractivity contribution is 6.32. The molecule has 2 amide bonds. The third kappa shape index (κ3) is 7.08. The van der Waals surface area contributed by atoms with Crippen LogP contribution in [0.1, 0.15) is 18.1 Å². The van der Waals surface area contributed by atoms with Gasteiger partial charge in [-0.05, 0) is 73.5 Å². The number of aryl methyl sites for hydroxylation is 1.